The van der Waals surface area contributed by atoms with Crippen LogP contribution in [0.3, 0.4) is 0 Å². The smallest absolute Gasteiger partial charge is 0.227 e. The number of aromatic nitrogens is 2. The molecule has 104 valence electrons. The van der Waals surface area contributed by atoms with Crippen LogP contribution in [0.15, 0.2) is 12.3 Å². The Morgan fingerprint density at radius 3 is 2.74 bits per heavy atom. The molecule has 2 N–H and O–H groups in total. The van der Waals surface area contributed by atoms with Crippen molar-refractivity contribution >= 4 is 11.8 Å². The van der Waals surface area contributed by atoms with Gasteiger partial charge in [-0.3, -0.25) is 0 Å². The molecule has 19 heavy (non-hydrogen) atoms. The van der Waals surface area contributed by atoms with Crippen molar-refractivity contribution in [2.24, 2.45) is 0 Å². The van der Waals surface area contributed by atoms with Gasteiger partial charge in [-0.25, -0.2) is 4.98 Å². The van der Waals surface area contributed by atoms with E-state index in [4.69, 9.17) is 0 Å². The summed E-state index contributed by atoms with van der Waals surface area (Å²) in [5, 5.41) is 6.68. The first kappa shape index (κ1) is 12.6. The summed E-state index contributed by atoms with van der Waals surface area (Å²) in [6.45, 7) is 9.62. The van der Waals surface area contributed by atoms with E-state index in [-0.39, 0.29) is 0 Å². The Bertz CT molecular complexity index is 411. The van der Waals surface area contributed by atoms with Crippen molar-refractivity contribution in [1.82, 2.24) is 20.2 Å². The average Bonchev–Trinajstić information content (AvgIpc) is 2.43. The lowest BCUT2D eigenvalue weighted by atomic mass is 10.2. The molecule has 0 aromatic carbocycles. The van der Waals surface area contributed by atoms with Crippen LogP contribution in [0.4, 0.5) is 11.8 Å². The zero-order valence-electron chi connectivity index (χ0n) is 11.5. The Morgan fingerprint density at radius 2 is 2.11 bits per heavy atom. The lowest BCUT2D eigenvalue weighted by Crippen LogP contribution is -2.51. The van der Waals surface area contributed by atoms with E-state index in [9.17, 15) is 0 Å². The van der Waals surface area contributed by atoms with Gasteiger partial charge in [0.1, 0.15) is 5.82 Å². The highest BCUT2D eigenvalue weighted by Gasteiger charge is 2.19. The van der Waals surface area contributed by atoms with Crippen LogP contribution in [0.1, 0.15) is 6.92 Å². The molecule has 3 rings (SSSR count). The van der Waals surface area contributed by atoms with Gasteiger partial charge < -0.3 is 20.4 Å². The lowest BCUT2D eigenvalue weighted by Gasteiger charge is -2.34. The monoisotopic (exact) mass is 262 g/mol. The van der Waals surface area contributed by atoms with Crippen molar-refractivity contribution in [2.45, 2.75) is 13.0 Å². The van der Waals surface area contributed by atoms with E-state index < -0.39 is 0 Å². The number of nitrogens with one attached hydrogen (secondary N) is 2. The zero-order chi connectivity index (χ0) is 13.1. The zero-order valence-corrected chi connectivity index (χ0v) is 11.5. The molecule has 0 bridgehead atoms. The normalized spacial score (nSPS) is 21.2. The summed E-state index contributed by atoms with van der Waals surface area (Å²) in [6, 6.07) is 2.46. The molecule has 6 heteroatoms. The van der Waals surface area contributed by atoms with Gasteiger partial charge in [-0.1, -0.05) is 6.92 Å². The molecule has 0 amide bonds. The first-order chi connectivity index (χ1) is 9.35. The summed E-state index contributed by atoms with van der Waals surface area (Å²) in [5.41, 5.74) is 0. The van der Waals surface area contributed by atoms with Crippen LogP contribution in [0.25, 0.3) is 0 Å². The molecule has 0 atom stereocenters. The number of hydrogen-bond acceptors (Lipinski definition) is 6. The van der Waals surface area contributed by atoms with Crippen molar-refractivity contribution < 1.29 is 0 Å². The number of nitrogens with zero attached hydrogens (tertiary/aromatic N) is 4. The Morgan fingerprint density at radius 1 is 1.32 bits per heavy atom. The molecule has 2 saturated heterocycles. The quantitative estimate of drug-likeness (QED) is 0.797. The maximum Gasteiger partial charge on any atom is 0.227 e. The second-order valence-electron chi connectivity index (χ2n) is 5.16. The van der Waals surface area contributed by atoms with Gasteiger partial charge in [-0.15, -0.1) is 0 Å². The van der Waals surface area contributed by atoms with Crippen molar-refractivity contribution in [1.29, 1.82) is 0 Å². The number of piperazine rings is 1. The molecule has 1 aromatic heterocycles. The molecular weight excluding hydrogens is 240 g/mol. The third-order valence-corrected chi connectivity index (χ3v) is 3.88. The fraction of sp³-hybridized carbons (Fsp3) is 0.692. The van der Waals surface area contributed by atoms with Crippen molar-refractivity contribution in [3.63, 3.8) is 0 Å². The predicted molar refractivity (Wildman–Crippen MR) is 76.6 cm³/mol. The van der Waals surface area contributed by atoms with Gasteiger partial charge in [-0.05, 0) is 12.6 Å². The Balaban J connectivity index is 1.62. The molecule has 1 aromatic rings. The number of rotatable bonds is 4. The fourth-order valence-electron chi connectivity index (χ4n) is 2.45. The van der Waals surface area contributed by atoms with E-state index in [1.54, 1.807) is 0 Å². The summed E-state index contributed by atoms with van der Waals surface area (Å²) < 4.78 is 0. The second-order valence-corrected chi connectivity index (χ2v) is 5.16. The Kier molecular flexibility index (Phi) is 3.79. The van der Waals surface area contributed by atoms with E-state index in [2.05, 4.69) is 37.3 Å². The summed E-state index contributed by atoms with van der Waals surface area (Å²) >= 11 is 0. The van der Waals surface area contributed by atoms with Gasteiger partial charge in [0.15, 0.2) is 0 Å². The highest BCUT2D eigenvalue weighted by molar-refractivity contribution is 5.42. The maximum atomic E-state index is 4.63. The molecular formula is C13H22N6. The molecule has 0 spiro atoms. The standard InChI is InChI=1S/C13H22N6/c1-2-18-5-7-19(8-6-18)13-15-4-3-12(17-13)16-11-9-14-10-11/h3-4,11,14H,2,5-10H2,1H3,(H,15,16,17). The second kappa shape index (κ2) is 5.71. The van der Waals surface area contributed by atoms with Crippen LogP contribution in [-0.4, -0.2) is 66.7 Å². The molecule has 0 saturated carbocycles. The summed E-state index contributed by atoms with van der Waals surface area (Å²) in [4.78, 5) is 13.8. The van der Waals surface area contributed by atoms with Crippen LogP contribution in [-0.2, 0) is 0 Å². The van der Waals surface area contributed by atoms with Gasteiger partial charge in [0.05, 0.1) is 6.04 Å². The third-order valence-electron chi connectivity index (χ3n) is 3.88. The summed E-state index contributed by atoms with van der Waals surface area (Å²) in [7, 11) is 0. The molecule has 6 nitrogen and oxygen atoms in total. The van der Waals surface area contributed by atoms with Crippen LogP contribution in [0, 0.1) is 0 Å². The van der Waals surface area contributed by atoms with Crippen molar-refractivity contribution in [2.75, 3.05) is 56.0 Å². The highest BCUT2D eigenvalue weighted by atomic mass is 15.3. The summed E-state index contributed by atoms with van der Waals surface area (Å²) in [6.07, 6.45) is 1.85. The first-order valence-corrected chi connectivity index (χ1v) is 7.13. The SMILES string of the molecule is CCN1CCN(c2nccc(NC3CNC3)n2)CC1. The Hall–Kier alpha value is -1.40. The van der Waals surface area contributed by atoms with Gasteiger partial charge in [-0.2, -0.15) is 4.98 Å². The van der Waals surface area contributed by atoms with E-state index in [1.807, 2.05) is 12.3 Å². The van der Waals surface area contributed by atoms with Crippen LogP contribution in [0.2, 0.25) is 0 Å². The van der Waals surface area contributed by atoms with E-state index in [0.717, 1.165) is 57.6 Å². The molecule has 2 fully saturated rings. The minimum Gasteiger partial charge on any atom is -0.365 e. The number of hydrogen-bond donors (Lipinski definition) is 2. The lowest BCUT2D eigenvalue weighted by molar-refractivity contribution is 0.270. The average molecular weight is 262 g/mol. The minimum absolute atomic E-state index is 0.514. The van der Waals surface area contributed by atoms with Crippen molar-refractivity contribution in [3.8, 4) is 0 Å². The molecule has 2 aliphatic heterocycles. The molecule has 2 aliphatic rings. The largest absolute Gasteiger partial charge is 0.365 e. The molecule has 3 heterocycles. The Labute approximate surface area is 114 Å². The van der Waals surface area contributed by atoms with Gasteiger partial charge in [0.25, 0.3) is 0 Å². The van der Waals surface area contributed by atoms with Gasteiger partial charge in [0, 0.05) is 45.5 Å². The number of anilines is 2. The minimum atomic E-state index is 0.514. The van der Waals surface area contributed by atoms with Gasteiger partial charge >= 0.3 is 0 Å². The van der Waals surface area contributed by atoms with Crippen LogP contribution in [0.5, 0.6) is 0 Å². The molecule has 0 unspecified atom stereocenters. The van der Waals surface area contributed by atoms with E-state index in [0.29, 0.717) is 6.04 Å². The fourth-order valence-corrected chi connectivity index (χ4v) is 2.45. The van der Waals surface area contributed by atoms with Crippen molar-refractivity contribution in [3.05, 3.63) is 12.3 Å². The van der Waals surface area contributed by atoms with E-state index >= 15 is 0 Å². The number of likely N-dealkylation sites (N-methyl/N-ethyl adjacent to an activating group) is 1. The topological polar surface area (TPSA) is 56.3 Å². The molecule has 0 radical (unpaired) electrons. The first-order valence-electron chi connectivity index (χ1n) is 7.13. The summed E-state index contributed by atoms with van der Waals surface area (Å²) in [5.74, 6) is 1.79. The van der Waals surface area contributed by atoms with Crippen LogP contribution >= 0.6 is 0 Å². The third kappa shape index (κ3) is 2.96. The van der Waals surface area contributed by atoms with Crippen LogP contribution < -0.4 is 15.5 Å². The highest BCUT2D eigenvalue weighted by Crippen LogP contribution is 2.14. The molecule has 0 aliphatic carbocycles. The predicted octanol–water partition coefficient (Wildman–Crippen LogP) is 0.00220. The maximum absolute atomic E-state index is 4.63. The van der Waals surface area contributed by atoms with Gasteiger partial charge in [0.2, 0.25) is 5.95 Å². The van der Waals surface area contributed by atoms with E-state index in [1.165, 1.54) is 0 Å².